The van der Waals surface area contributed by atoms with Crippen LogP contribution >= 0.6 is 36.2 Å². The van der Waals surface area contributed by atoms with Gasteiger partial charge in [-0.15, -0.1) is 36.2 Å². The fourth-order valence-electron chi connectivity index (χ4n) is 1.76. The highest BCUT2D eigenvalue weighted by atomic mass is 35.5. The predicted octanol–water partition coefficient (Wildman–Crippen LogP) is 2.02. The largest absolute Gasteiger partial charge is 0.383 e. The van der Waals surface area contributed by atoms with Crippen molar-refractivity contribution in [1.29, 1.82) is 0 Å². The lowest BCUT2D eigenvalue weighted by Gasteiger charge is -2.19. The molecule has 1 aromatic heterocycles. The number of nitrogens with two attached hydrogens (primary N) is 1. The lowest BCUT2D eigenvalue weighted by Crippen LogP contribution is -2.44. The average molecular weight is 374 g/mol. The number of nitrogens with zero attached hydrogens (tertiary/aromatic N) is 2. The van der Waals surface area contributed by atoms with E-state index in [1.807, 2.05) is 19.2 Å². The molecule has 1 aromatic rings. The van der Waals surface area contributed by atoms with Crippen molar-refractivity contribution in [2.24, 2.45) is 5.73 Å². The molecule has 0 aliphatic rings. The zero-order valence-corrected chi connectivity index (χ0v) is 15.7. The van der Waals surface area contributed by atoms with Crippen LogP contribution in [0.3, 0.4) is 0 Å². The number of aromatic nitrogens is 1. The third kappa shape index (κ3) is 7.21. The van der Waals surface area contributed by atoms with E-state index in [-0.39, 0.29) is 43.4 Å². The first-order valence-electron chi connectivity index (χ1n) is 6.55. The van der Waals surface area contributed by atoms with E-state index in [4.69, 9.17) is 15.2 Å². The first-order valence-corrected chi connectivity index (χ1v) is 7.42. The molecule has 0 spiro atoms. The molecule has 1 rings (SSSR count). The van der Waals surface area contributed by atoms with Crippen LogP contribution in [0.25, 0.3) is 0 Å². The zero-order chi connectivity index (χ0) is 15.1. The van der Waals surface area contributed by atoms with Crippen molar-refractivity contribution in [2.75, 3.05) is 27.4 Å². The number of carbonyl (C=O) groups is 1. The summed E-state index contributed by atoms with van der Waals surface area (Å²) in [5.74, 6) is -0.153. The first kappa shape index (κ1) is 23.8. The van der Waals surface area contributed by atoms with Gasteiger partial charge in [-0.3, -0.25) is 4.79 Å². The number of likely N-dealkylation sites (N-methyl/N-ethyl adjacent to an activating group) is 1. The Morgan fingerprint density at radius 2 is 2.14 bits per heavy atom. The van der Waals surface area contributed by atoms with Crippen molar-refractivity contribution in [2.45, 2.75) is 32.5 Å². The molecule has 0 fully saturated rings. The van der Waals surface area contributed by atoms with E-state index in [9.17, 15) is 4.79 Å². The van der Waals surface area contributed by atoms with Gasteiger partial charge in [0.2, 0.25) is 5.91 Å². The fraction of sp³-hybridized carbons (Fsp3) is 0.692. The van der Waals surface area contributed by atoms with Gasteiger partial charge in [-0.2, -0.15) is 0 Å². The Morgan fingerprint density at radius 3 is 2.68 bits per heavy atom. The van der Waals surface area contributed by atoms with Gasteiger partial charge in [-0.1, -0.05) is 0 Å². The maximum Gasteiger partial charge on any atom is 0.241 e. The second-order valence-corrected chi connectivity index (χ2v) is 5.42. The Labute approximate surface area is 148 Å². The Balaban J connectivity index is 0. The van der Waals surface area contributed by atoms with Crippen molar-refractivity contribution in [3.05, 3.63) is 16.1 Å². The van der Waals surface area contributed by atoms with E-state index in [0.717, 1.165) is 10.7 Å². The lowest BCUT2D eigenvalue weighted by atomic mass is 10.3. The SMILES string of the molecule is CCOC(C)c1nc(CN(C)C(=O)C(N)COC)cs1.Cl.Cl. The number of methoxy groups -OCH3 is 1. The number of hydrogen-bond donors (Lipinski definition) is 1. The number of thiazole rings is 1. The van der Waals surface area contributed by atoms with E-state index in [2.05, 4.69) is 4.98 Å². The minimum Gasteiger partial charge on any atom is -0.383 e. The molecule has 0 aromatic carbocycles. The summed E-state index contributed by atoms with van der Waals surface area (Å²) in [6.07, 6.45) is -0.0181. The Bertz CT molecular complexity index is 434. The van der Waals surface area contributed by atoms with Gasteiger partial charge in [0.25, 0.3) is 0 Å². The number of hydrogen-bond acceptors (Lipinski definition) is 6. The van der Waals surface area contributed by atoms with Crippen molar-refractivity contribution in [3.63, 3.8) is 0 Å². The molecule has 0 aliphatic carbocycles. The highest BCUT2D eigenvalue weighted by molar-refractivity contribution is 7.09. The van der Waals surface area contributed by atoms with E-state index in [1.54, 1.807) is 11.9 Å². The highest BCUT2D eigenvalue weighted by Crippen LogP contribution is 2.21. The van der Waals surface area contributed by atoms with Crippen LogP contribution in [0.15, 0.2) is 5.38 Å². The van der Waals surface area contributed by atoms with Crippen LogP contribution in [0.1, 0.15) is 30.7 Å². The molecule has 0 saturated carbocycles. The molecule has 9 heteroatoms. The van der Waals surface area contributed by atoms with Gasteiger partial charge in [0.1, 0.15) is 17.2 Å². The summed E-state index contributed by atoms with van der Waals surface area (Å²) in [4.78, 5) is 18.0. The van der Waals surface area contributed by atoms with Crippen molar-refractivity contribution in [1.82, 2.24) is 9.88 Å². The normalized spacial score (nSPS) is 12.8. The molecular formula is C13H25Cl2N3O3S. The smallest absolute Gasteiger partial charge is 0.241 e. The number of rotatable bonds is 8. The van der Waals surface area contributed by atoms with Gasteiger partial charge < -0.3 is 20.1 Å². The van der Waals surface area contributed by atoms with Crippen LogP contribution in [-0.2, 0) is 20.8 Å². The molecule has 130 valence electrons. The van der Waals surface area contributed by atoms with Crippen LogP contribution in [0.2, 0.25) is 0 Å². The summed E-state index contributed by atoms with van der Waals surface area (Å²) in [7, 11) is 3.23. The lowest BCUT2D eigenvalue weighted by molar-refractivity contribution is -0.133. The second kappa shape index (κ2) is 12.0. The highest BCUT2D eigenvalue weighted by Gasteiger charge is 2.19. The number of halogens is 2. The third-order valence-electron chi connectivity index (χ3n) is 2.77. The molecule has 1 amide bonds. The number of ether oxygens (including phenoxy) is 2. The molecule has 0 bridgehead atoms. The molecule has 2 N–H and O–H groups in total. The van der Waals surface area contributed by atoms with Crippen molar-refractivity contribution in [3.8, 4) is 0 Å². The predicted molar refractivity (Wildman–Crippen MR) is 93.0 cm³/mol. The minimum absolute atomic E-state index is 0. The standard InChI is InChI=1S/C13H23N3O3S.2ClH/c1-5-19-9(2)12-15-10(8-20-12)6-16(3)13(17)11(14)7-18-4;;/h8-9,11H,5-7,14H2,1-4H3;2*1H. The number of amides is 1. The van der Waals surface area contributed by atoms with E-state index >= 15 is 0 Å². The number of carbonyl (C=O) groups excluding carboxylic acids is 1. The summed E-state index contributed by atoms with van der Waals surface area (Å²) in [6, 6.07) is -0.634. The summed E-state index contributed by atoms with van der Waals surface area (Å²) in [5.41, 5.74) is 6.57. The topological polar surface area (TPSA) is 77.7 Å². The monoisotopic (exact) mass is 373 g/mol. The zero-order valence-electron chi connectivity index (χ0n) is 13.3. The van der Waals surface area contributed by atoms with Crippen molar-refractivity contribution < 1.29 is 14.3 Å². The van der Waals surface area contributed by atoms with Gasteiger partial charge in [0.15, 0.2) is 0 Å². The van der Waals surface area contributed by atoms with Crippen LogP contribution < -0.4 is 5.73 Å². The van der Waals surface area contributed by atoms with Gasteiger partial charge in [-0.05, 0) is 13.8 Å². The maximum absolute atomic E-state index is 12.0. The van der Waals surface area contributed by atoms with Crippen molar-refractivity contribution >= 4 is 42.1 Å². The van der Waals surface area contributed by atoms with Gasteiger partial charge in [0.05, 0.1) is 18.8 Å². The molecule has 0 aliphatic heterocycles. The molecule has 6 nitrogen and oxygen atoms in total. The Hall–Kier alpha value is -0.440. The van der Waals surface area contributed by atoms with E-state index < -0.39 is 6.04 Å². The summed E-state index contributed by atoms with van der Waals surface area (Å²) in [6.45, 7) is 5.23. The molecule has 2 atom stereocenters. The summed E-state index contributed by atoms with van der Waals surface area (Å²) >= 11 is 1.54. The average Bonchev–Trinajstić information content (AvgIpc) is 2.87. The van der Waals surface area contributed by atoms with Gasteiger partial charge in [0, 0.05) is 26.1 Å². The Morgan fingerprint density at radius 1 is 1.50 bits per heavy atom. The summed E-state index contributed by atoms with van der Waals surface area (Å²) < 4.78 is 10.4. The van der Waals surface area contributed by atoms with Crippen LogP contribution in [-0.4, -0.2) is 49.2 Å². The van der Waals surface area contributed by atoms with E-state index in [0.29, 0.717) is 13.2 Å². The molecule has 0 radical (unpaired) electrons. The van der Waals surface area contributed by atoms with E-state index in [1.165, 1.54) is 18.4 Å². The van der Waals surface area contributed by atoms with Crippen LogP contribution in [0, 0.1) is 0 Å². The summed E-state index contributed by atoms with van der Waals surface area (Å²) in [5, 5.41) is 2.86. The fourth-order valence-corrected chi connectivity index (χ4v) is 2.57. The van der Waals surface area contributed by atoms with Crippen LogP contribution in [0.4, 0.5) is 0 Å². The maximum atomic E-state index is 12.0. The molecular weight excluding hydrogens is 349 g/mol. The third-order valence-corrected chi connectivity index (χ3v) is 3.83. The first-order chi connectivity index (χ1) is 9.49. The second-order valence-electron chi connectivity index (χ2n) is 4.53. The molecule has 0 saturated heterocycles. The molecule has 22 heavy (non-hydrogen) atoms. The van der Waals surface area contributed by atoms with Gasteiger partial charge in [-0.25, -0.2) is 4.98 Å². The minimum atomic E-state index is -0.634. The Kier molecular flexibility index (Phi) is 13.0. The quantitative estimate of drug-likeness (QED) is 0.753. The molecule has 2 unspecified atom stereocenters. The van der Waals surface area contributed by atoms with Gasteiger partial charge >= 0.3 is 0 Å². The van der Waals surface area contributed by atoms with Crippen LogP contribution in [0.5, 0.6) is 0 Å². The molecule has 1 heterocycles.